The predicted molar refractivity (Wildman–Crippen MR) is 114 cm³/mol. The molecule has 0 saturated carbocycles. The van der Waals surface area contributed by atoms with E-state index < -0.39 is 0 Å². The molecule has 0 aliphatic carbocycles. The number of hydrogen-bond donors (Lipinski definition) is 1. The molecule has 0 bridgehead atoms. The SMILES string of the molecule is Cc1ccc(Cn2nnc3c(SCC(=O)Nc4ccc(C)cc4)ncnc32)cc1. The fraction of sp³-hybridized carbons (Fsp3) is 0.190. The Balaban J connectivity index is 1.45. The van der Waals surface area contributed by atoms with E-state index in [9.17, 15) is 4.79 Å². The largest absolute Gasteiger partial charge is 0.325 e. The number of nitrogens with zero attached hydrogens (tertiary/aromatic N) is 5. The number of aryl methyl sites for hydroxylation is 2. The molecule has 0 saturated heterocycles. The second-order valence-electron chi connectivity index (χ2n) is 6.79. The first-order chi connectivity index (χ1) is 14.1. The minimum Gasteiger partial charge on any atom is -0.325 e. The van der Waals surface area contributed by atoms with Crippen LogP contribution in [0.5, 0.6) is 0 Å². The van der Waals surface area contributed by atoms with Crippen LogP contribution in [0, 0.1) is 13.8 Å². The number of fused-ring (bicyclic) bond motifs is 1. The molecule has 1 N–H and O–H groups in total. The lowest BCUT2D eigenvalue weighted by Gasteiger charge is -2.06. The molecule has 146 valence electrons. The molecule has 0 atom stereocenters. The van der Waals surface area contributed by atoms with Gasteiger partial charge in [0.1, 0.15) is 11.4 Å². The van der Waals surface area contributed by atoms with Crippen LogP contribution in [0.15, 0.2) is 59.9 Å². The average molecular weight is 404 g/mol. The third-order valence-electron chi connectivity index (χ3n) is 4.39. The van der Waals surface area contributed by atoms with Crippen molar-refractivity contribution in [3.05, 3.63) is 71.5 Å². The first-order valence-electron chi connectivity index (χ1n) is 9.17. The number of carbonyl (C=O) groups excluding carboxylic acids is 1. The monoisotopic (exact) mass is 404 g/mol. The molecule has 2 aromatic carbocycles. The van der Waals surface area contributed by atoms with Gasteiger partial charge in [0.2, 0.25) is 5.91 Å². The second-order valence-corrected chi connectivity index (χ2v) is 7.75. The highest BCUT2D eigenvalue weighted by molar-refractivity contribution is 8.00. The Labute approximate surface area is 172 Å². The van der Waals surface area contributed by atoms with Gasteiger partial charge >= 0.3 is 0 Å². The van der Waals surface area contributed by atoms with Gasteiger partial charge in [0, 0.05) is 5.69 Å². The molecule has 0 aliphatic heterocycles. The lowest BCUT2D eigenvalue weighted by atomic mass is 10.1. The van der Waals surface area contributed by atoms with E-state index in [1.54, 1.807) is 4.68 Å². The maximum Gasteiger partial charge on any atom is 0.234 e. The van der Waals surface area contributed by atoms with Crippen LogP contribution in [0.25, 0.3) is 11.2 Å². The summed E-state index contributed by atoms with van der Waals surface area (Å²) in [5, 5.41) is 12.0. The summed E-state index contributed by atoms with van der Waals surface area (Å²) in [5.74, 6) is 0.128. The van der Waals surface area contributed by atoms with Gasteiger partial charge in [0.05, 0.1) is 12.3 Å². The highest BCUT2D eigenvalue weighted by atomic mass is 32.2. The van der Waals surface area contributed by atoms with Gasteiger partial charge in [0.25, 0.3) is 0 Å². The fourth-order valence-corrected chi connectivity index (χ4v) is 3.55. The number of hydrogen-bond acceptors (Lipinski definition) is 6. The molecule has 7 nitrogen and oxygen atoms in total. The lowest BCUT2D eigenvalue weighted by Crippen LogP contribution is -2.14. The third-order valence-corrected chi connectivity index (χ3v) is 5.37. The van der Waals surface area contributed by atoms with Crippen LogP contribution in [0.1, 0.15) is 16.7 Å². The third kappa shape index (κ3) is 4.60. The zero-order chi connectivity index (χ0) is 20.2. The van der Waals surface area contributed by atoms with E-state index >= 15 is 0 Å². The van der Waals surface area contributed by atoms with Crippen molar-refractivity contribution in [1.29, 1.82) is 0 Å². The van der Waals surface area contributed by atoms with E-state index in [2.05, 4.69) is 56.8 Å². The summed E-state index contributed by atoms with van der Waals surface area (Å²) in [7, 11) is 0. The molecule has 2 aromatic heterocycles. The maximum atomic E-state index is 12.3. The van der Waals surface area contributed by atoms with Crippen molar-refractivity contribution >= 4 is 34.5 Å². The Bertz CT molecular complexity index is 1140. The Morgan fingerprint density at radius 2 is 1.69 bits per heavy atom. The van der Waals surface area contributed by atoms with E-state index in [1.807, 2.05) is 31.2 Å². The topological polar surface area (TPSA) is 85.6 Å². The molecule has 4 aromatic rings. The number of benzene rings is 2. The van der Waals surface area contributed by atoms with Crippen molar-refractivity contribution in [3.8, 4) is 0 Å². The smallest absolute Gasteiger partial charge is 0.234 e. The number of anilines is 1. The van der Waals surface area contributed by atoms with Crippen LogP contribution in [0.4, 0.5) is 5.69 Å². The molecule has 0 radical (unpaired) electrons. The zero-order valence-corrected chi connectivity index (χ0v) is 17.0. The van der Waals surface area contributed by atoms with Crippen molar-refractivity contribution in [2.45, 2.75) is 25.4 Å². The molecule has 0 fully saturated rings. The van der Waals surface area contributed by atoms with Gasteiger partial charge in [0.15, 0.2) is 11.2 Å². The van der Waals surface area contributed by atoms with Gasteiger partial charge in [-0.15, -0.1) is 5.10 Å². The quantitative estimate of drug-likeness (QED) is 0.390. The summed E-state index contributed by atoms with van der Waals surface area (Å²) >= 11 is 1.32. The molecule has 0 unspecified atom stereocenters. The van der Waals surface area contributed by atoms with Crippen molar-refractivity contribution < 1.29 is 4.79 Å². The first kappa shape index (κ1) is 19.1. The number of rotatable bonds is 6. The molecular formula is C21H20N6OS. The minimum absolute atomic E-state index is 0.0994. The minimum atomic E-state index is -0.0994. The molecule has 2 heterocycles. The van der Waals surface area contributed by atoms with E-state index in [0.29, 0.717) is 22.7 Å². The van der Waals surface area contributed by atoms with E-state index in [0.717, 1.165) is 16.8 Å². The zero-order valence-electron chi connectivity index (χ0n) is 16.2. The van der Waals surface area contributed by atoms with Crippen molar-refractivity contribution in [1.82, 2.24) is 25.0 Å². The van der Waals surface area contributed by atoms with Gasteiger partial charge < -0.3 is 5.32 Å². The normalized spacial score (nSPS) is 11.0. The van der Waals surface area contributed by atoms with Crippen molar-refractivity contribution in [2.24, 2.45) is 0 Å². The van der Waals surface area contributed by atoms with Gasteiger partial charge in [-0.2, -0.15) is 0 Å². The van der Waals surface area contributed by atoms with Crippen LogP contribution in [-0.4, -0.2) is 36.6 Å². The Morgan fingerprint density at radius 3 is 2.41 bits per heavy atom. The summed E-state index contributed by atoms with van der Waals surface area (Å²) < 4.78 is 1.75. The second kappa shape index (κ2) is 8.40. The number of carbonyl (C=O) groups is 1. The van der Waals surface area contributed by atoms with Crippen LogP contribution in [0.3, 0.4) is 0 Å². The molecule has 0 spiro atoms. The van der Waals surface area contributed by atoms with E-state index in [4.69, 9.17) is 0 Å². The predicted octanol–water partition coefficient (Wildman–Crippen LogP) is 3.62. The maximum absolute atomic E-state index is 12.3. The Kier molecular flexibility index (Phi) is 5.53. The highest BCUT2D eigenvalue weighted by Crippen LogP contribution is 2.23. The van der Waals surface area contributed by atoms with Crippen molar-refractivity contribution in [3.63, 3.8) is 0 Å². The van der Waals surface area contributed by atoms with Gasteiger partial charge in [-0.3, -0.25) is 4.79 Å². The fourth-order valence-electron chi connectivity index (χ4n) is 2.82. The van der Waals surface area contributed by atoms with Gasteiger partial charge in [-0.1, -0.05) is 64.5 Å². The van der Waals surface area contributed by atoms with Crippen LogP contribution in [-0.2, 0) is 11.3 Å². The summed E-state index contributed by atoms with van der Waals surface area (Å²) in [5.41, 5.74) is 5.51. The molecule has 0 aliphatic rings. The van der Waals surface area contributed by atoms with Crippen LogP contribution >= 0.6 is 11.8 Å². The lowest BCUT2D eigenvalue weighted by molar-refractivity contribution is -0.113. The number of nitrogens with one attached hydrogen (secondary N) is 1. The summed E-state index contributed by atoms with van der Waals surface area (Å²) in [6, 6.07) is 16.0. The first-order valence-corrected chi connectivity index (χ1v) is 10.2. The van der Waals surface area contributed by atoms with Gasteiger partial charge in [-0.05, 0) is 31.5 Å². The van der Waals surface area contributed by atoms with E-state index in [1.165, 1.54) is 23.7 Å². The molecule has 1 amide bonds. The standard InChI is InChI=1S/C21H20N6OS/c1-14-3-7-16(8-4-14)11-27-20-19(25-26-27)21(23-13-22-20)29-12-18(28)24-17-9-5-15(2)6-10-17/h3-10,13H,11-12H2,1-2H3,(H,24,28). The summed E-state index contributed by atoms with van der Waals surface area (Å²) in [6.07, 6.45) is 1.48. The Hall–Kier alpha value is -3.26. The Morgan fingerprint density at radius 1 is 1.00 bits per heavy atom. The van der Waals surface area contributed by atoms with Gasteiger partial charge in [-0.25, -0.2) is 14.6 Å². The molecular weight excluding hydrogens is 384 g/mol. The molecule has 8 heteroatoms. The van der Waals surface area contributed by atoms with Crippen LogP contribution in [0.2, 0.25) is 0 Å². The molecule has 4 rings (SSSR count). The van der Waals surface area contributed by atoms with Crippen molar-refractivity contribution in [2.75, 3.05) is 11.1 Å². The summed E-state index contributed by atoms with van der Waals surface area (Å²) in [6.45, 7) is 4.64. The number of amides is 1. The highest BCUT2D eigenvalue weighted by Gasteiger charge is 2.14. The average Bonchev–Trinajstić information content (AvgIpc) is 3.13. The molecule has 29 heavy (non-hydrogen) atoms. The van der Waals surface area contributed by atoms with E-state index in [-0.39, 0.29) is 11.7 Å². The number of thioether (sulfide) groups is 1. The summed E-state index contributed by atoms with van der Waals surface area (Å²) in [4.78, 5) is 20.9. The number of aromatic nitrogens is 5. The van der Waals surface area contributed by atoms with Crippen LogP contribution < -0.4 is 5.32 Å².